The van der Waals surface area contributed by atoms with Gasteiger partial charge in [-0.3, -0.25) is 4.79 Å². The maximum Gasteiger partial charge on any atom is 0.255 e. The molecule has 2 rings (SSSR count). The summed E-state index contributed by atoms with van der Waals surface area (Å²) < 4.78 is 39.8. The molecule has 2 nitrogen and oxygen atoms in total. The van der Waals surface area contributed by atoms with Crippen LogP contribution in [0.5, 0.6) is 0 Å². The largest absolute Gasteiger partial charge is 0.319 e. The number of nitrogens with one attached hydrogen (secondary N) is 1. The van der Waals surface area contributed by atoms with E-state index in [0.29, 0.717) is 12.1 Å². The van der Waals surface area contributed by atoms with Crippen molar-refractivity contribution in [1.29, 1.82) is 0 Å². The first-order valence-electron chi connectivity index (χ1n) is 5.19. The average molecular weight is 330 g/mol. The highest BCUT2D eigenvalue weighted by molar-refractivity contribution is 9.10. The summed E-state index contributed by atoms with van der Waals surface area (Å²) in [6, 6.07) is 7.27. The SMILES string of the molecule is O=C(Nc1cc(F)c(F)cc1F)c1ccc(Br)cc1. The fourth-order valence-corrected chi connectivity index (χ4v) is 1.68. The summed E-state index contributed by atoms with van der Waals surface area (Å²) in [5.74, 6) is -4.19. The number of amides is 1. The summed E-state index contributed by atoms with van der Waals surface area (Å²) >= 11 is 3.21. The Balaban J connectivity index is 2.24. The number of anilines is 1. The summed E-state index contributed by atoms with van der Waals surface area (Å²) in [5, 5.41) is 2.18. The second-order valence-corrected chi connectivity index (χ2v) is 4.62. The molecule has 0 spiro atoms. The molecule has 0 aromatic heterocycles. The molecule has 0 aliphatic rings. The van der Waals surface area contributed by atoms with Crippen LogP contribution in [-0.2, 0) is 0 Å². The van der Waals surface area contributed by atoms with E-state index in [4.69, 9.17) is 0 Å². The maximum absolute atomic E-state index is 13.3. The zero-order valence-corrected chi connectivity index (χ0v) is 11.0. The van der Waals surface area contributed by atoms with Gasteiger partial charge in [0.25, 0.3) is 5.91 Å². The first-order valence-corrected chi connectivity index (χ1v) is 5.98. The molecule has 98 valence electrons. The van der Waals surface area contributed by atoms with Crippen molar-refractivity contribution in [3.05, 3.63) is 63.9 Å². The summed E-state index contributed by atoms with van der Waals surface area (Å²) in [6.07, 6.45) is 0. The Labute approximate surface area is 115 Å². The van der Waals surface area contributed by atoms with Gasteiger partial charge in [-0.2, -0.15) is 0 Å². The highest BCUT2D eigenvalue weighted by Gasteiger charge is 2.13. The van der Waals surface area contributed by atoms with E-state index in [1.165, 1.54) is 12.1 Å². The Kier molecular flexibility index (Phi) is 3.90. The van der Waals surface area contributed by atoms with Crippen molar-refractivity contribution in [3.8, 4) is 0 Å². The molecule has 2 aromatic rings. The van der Waals surface area contributed by atoms with Crippen molar-refractivity contribution in [2.75, 3.05) is 5.32 Å². The third-order valence-electron chi connectivity index (χ3n) is 2.36. The van der Waals surface area contributed by atoms with Crippen LogP contribution in [-0.4, -0.2) is 5.91 Å². The van der Waals surface area contributed by atoms with Gasteiger partial charge in [-0.05, 0) is 24.3 Å². The van der Waals surface area contributed by atoms with Gasteiger partial charge < -0.3 is 5.32 Å². The monoisotopic (exact) mass is 329 g/mol. The smallest absolute Gasteiger partial charge is 0.255 e. The van der Waals surface area contributed by atoms with Crippen LogP contribution in [0.25, 0.3) is 0 Å². The van der Waals surface area contributed by atoms with E-state index in [1.54, 1.807) is 12.1 Å². The minimum Gasteiger partial charge on any atom is -0.319 e. The number of halogens is 4. The highest BCUT2D eigenvalue weighted by Crippen LogP contribution is 2.19. The Morgan fingerprint density at radius 1 is 0.947 bits per heavy atom. The molecule has 6 heteroatoms. The lowest BCUT2D eigenvalue weighted by atomic mass is 10.2. The fraction of sp³-hybridized carbons (Fsp3) is 0. The van der Waals surface area contributed by atoms with Crippen LogP contribution in [0.15, 0.2) is 40.9 Å². The number of rotatable bonds is 2. The quantitative estimate of drug-likeness (QED) is 0.825. The van der Waals surface area contributed by atoms with Crippen LogP contribution >= 0.6 is 15.9 Å². The van der Waals surface area contributed by atoms with Crippen molar-refractivity contribution >= 4 is 27.5 Å². The second kappa shape index (κ2) is 5.44. The molecule has 0 saturated heterocycles. The lowest BCUT2D eigenvalue weighted by molar-refractivity contribution is 0.102. The third-order valence-corrected chi connectivity index (χ3v) is 2.89. The molecule has 0 radical (unpaired) electrons. The van der Waals surface area contributed by atoms with E-state index in [2.05, 4.69) is 21.2 Å². The van der Waals surface area contributed by atoms with Gasteiger partial charge >= 0.3 is 0 Å². The van der Waals surface area contributed by atoms with E-state index < -0.39 is 29.0 Å². The molecule has 0 heterocycles. The maximum atomic E-state index is 13.3. The van der Waals surface area contributed by atoms with Gasteiger partial charge in [-0.15, -0.1) is 0 Å². The normalized spacial score (nSPS) is 10.3. The van der Waals surface area contributed by atoms with Gasteiger partial charge in [-0.1, -0.05) is 15.9 Å². The summed E-state index contributed by atoms with van der Waals surface area (Å²) in [6.45, 7) is 0. The number of benzene rings is 2. The standard InChI is InChI=1S/C13H7BrF3NO/c14-8-3-1-7(2-4-8)13(19)18-12-6-10(16)9(15)5-11(12)17/h1-6H,(H,18,19). The minimum atomic E-state index is -1.31. The summed E-state index contributed by atoms with van der Waals surface area (Å²) in [5.41, 5.74) is -0.140. The first kappa shape index (κ1) is 13.6. The van der Waals surface area contributed by atoms with E-state index in [9.17, 15) is 18.0 Å². The van der Waals surface area contributed by atoms with Crippen LogP contribution in [0, 0.1) is 17.5 Å². The zero-order valence-electron chi connectivity index (χ0n) is 9.38. The molecule has 0 aliphatic heterocycles. The van der Waals surface area contributed by atoms with Gasteiger partial charge in [-0.25, -0.2) is 13.2 Å². The van der Waals surface area contributed by atoms with Crippen molar-refractivity contribution in [3.63, 3.8) is 0 Å². The lowest BCUT2D eigenvalue weighted by Gasteiger charge is -2.07. The predicted octanol–water partition coefficient (Wildman–Crippen LogP) is 4.12. The Morgan fingerprint density at radius 3 is 2.16 bits per heavy atom. The number of carbonyl (C=O) groups is 1. The molecule has 0 unspecified atom stereocenters. The summed E-state index contributed by atoms with van der Waals surface area (Å²) in [4.78, 5) is 11.8. The molecule has 0 bridgehead atoms. The Morgan fingerprint density at radius 2 is 1.53 bits per heavy atom. The second-order valence-electron chi connectivity index (χ2n) is 3.71. The molecule has 19 heavy (non-hydrogen) atoms. The molecule has 0 saturated carbocycles. The van der Waals surface area contributed by atoms with Crippen molar-refractivity contribution in [1.82, 2.24) is 0 Å². The summed E-state index contributed by atoms with van der Waals surface area (Å²) in [7, 11) is 0. The predicted molar refractivity (Wildman–Crippen MR) is 68.4 cm³/mol. The topological polar surface area (TPSA) is 29.1 Å². The van der Waals surface area contributed by atoms with Gasteiger partial charge in [0.1, 0.15) is 5.82 Å². The van der Waals surface area contributed by atoms with Crippen molar-refractivity contribution < 1.29 is 18.0 Å². The van der Waals surface area contributed by atoms with Crippen LogP contribution in [0.3, 0.4) is 0 Å². The van der Waals surface area contributed by atoms with Gasteiger partial charge in [0.2, 0.25) is 0 Å². The van der Waals surface area contributed by atoms with E-state index >= 15 is 0 Å². The van der Waals surface area contributed by atoms with Crippen LogP contribution in [0.4, 0.5) is 18.9 Å². The van der Waals surface area contributed by atoms with Crippen LogP contribution < -0.4 is 5.32 Å². The molecular weight excluding hydrogens is 323 g/mol. The van der Waals surface area contributed by atoms with Crippen LogP contribution in [0.1, 0.15) is 10.4 Å². The Hall–Kier alpha value is -1.82. The molecule has 1 N–H and O–H groups in total. The minimum absolute atomic E-state index is 0.271. The van der Waals surface area contributed by atoms with Crippen molar-refractivity contribution in [2.24, 2.45) is 0 Å². The zero-order chi connectivity index (χ0) is 14.0. The van der Waals surface area contributed by atoms with Gasteiger partial charge in [0, 0.05) is 22.2 Å². The molecule has 0 atom stereocenters. The molecule has 0 fully saturated rings. The van der Waals surface area contributed by atoms with Crippen LogP contribution in [0.2, 0.25) is 0 Å². The average Bonchev–Trinajstić information content (AvgIpc) is 2.36. The fourth-order valence-electron chi connectivity index (χ4n) is 1.41. The van der Waals surface area contributed by atoms with E-state index in [1.807, 2.05) is 0 Å². The lowest BCUT2D eigenvalue weighted by Crippen LogP contribution is -2.13. The van der Waals surface area contributed by atoms with Gasteiger partial charge in [0.15, 0.2) is 11.6 Å². The molecule has 1 amide bonds. The number of hydrogen-bond donors (Lipinski definition) is 1. The van der Waals surface area contributed by atoms with Crippen molar-refractivity contribution in [2.45, 2.75) is 0 Å². The third kappa shape index (κ3) is 3.14. The van der Waals surface area contributed by atoms with E-state index in [-0.39, 0.29) is 5.56 Å². The molecule has 2 aromatic carbocycles. The molecular formula is C13H7BrF3NO. The molecule has 0 aliphatic carbocycles. The number of carbonyl (C=O) groups excluding carboxylic acids is 1. The van der Waals surface area contributed by atoms with E-state index in [0.717, 1.165) is 4.47 Å². The van der Waals surface area contributed by atoms with Gasteiger partial charge in [0.05, 0.1) is 5.69 Å². The highest BCUT2D eigenvalue weighted by atomic mass is 79.9. The number of hydrogen-bond acceptors (Lipinski definition) is 1. The first-order chi connectivity index (χ1) is 8.97. The Bertz CT molecular complexity index is 629.